The van der Waals surface area contributed by atoms with Crippen molar-refractivity contribution in [2.24, 2.45) is 5.16 Å². The zero-order valence-corrected chi connectivity index (χ0v) is 8.51. The van der Waals surface area contributed by atoms with Crippen molar-refractivity contribution in [1.29, 1.82) is 0 Å². The van der Waals surface area contributed by atoms with Crippen LogP contribution in [0.1, 0.15) is 5.56 Å². The average molecular weight is 208 g/mol. The minimum Gasteiger partial charge on any atom is -0.476 e. The molecular formula is C10H12N2O3. The van der Waals surface area contributed by atoms with Crippen LogP contribution in [-0.2, 0) is 4.79 Å². The van der Waals surface area contributed by atoms with Gasteiger partial charge in [0.15, 0.2) is 5.71 Å². The molecule has 0 bridgehead atoms. The summed E-state index contributed by atoms with van der Waals surface area (Å²) in [5.74, 6) is -1.25. The Labute approximate surface area is 87.3 Å². The molecule has 5 heteroatoms. The van der Waals surface area contributed by atoms with Crippen LogP contribution in [-0.4, -0.2) is 36.1 Å². The standard InChI is InChI=1S/C10H12N2O3/c1-12(2)8-5-3-7(4-6-8)9(11-15)10(13)14/h3-6,15H,1-2H3,(H,13,14)/b11-9-. The molecule has 0 aliphatic carbocycles. The fourth-order valence-corrected chi connectivity index (χ4v) is 1.14. The Hall–Kier alpha value is -2.04. The van der Waals surface area contributed by atoms with E-state index in [2.05, 4.69) is 5.16 Å². The van der Waals surface area contributed by atoms with E-state index in [1.807, 2.05) is 19.0 Å². The molecule has 1 aromatic carbocycles. The van der Waals surface area contributed by atoms with E-state index in [1.54, 1.807) is 24.3 Å². The highest BCUT2D eigenvalue weighted by molar-refractivity contribution is 6.42. The number of aliphatic carboxylic acids is 1. The summed E-state index contributed by atoms with van der Waals surface area (Å²) in [5, 5.41) is 20.0. The molecule has 0 unspecified atom stereocenters. The second-order valence-corrected chi connectivity index (χ2v) is 3.20. The summed E-state index contributed by atoms with van der Waals surface area (Å²) < 4.78 is 0. The molecule has 1 rings (SSSR count). The van der Waals surface area contributed by atoms with Gasteiger partial charge in [0.05, 0.1) is 0 Å². The van der Waals surface area contributed by atoms with Crippen molar-refractivity contribution in [1.82, 2.24) is 0 Å². The quantitative estimate of drug-likeness (QED) is 0.442. The topological polar surface area (TPSA) is 73.1 Å². The summed E-state index contributed by atoms with van der Waals surface area (Å²) >= 11 is 0. The lowest BCUT2D eigenvalue weighted by Gasteiger charge is -2.12. The molecule has 2 N–H and O–H groups in total. The average Bonchev–Trinajstić information content (AvgIpc) is 2.19. The first-order chi connectivity index (χ1) is 7.06. The van der Waals surface area contributed by atoms with Crippen LogP contribution < -0.4 is 4.90 Å². The Morgan fingerprint density at radius 2 is 1.80 bits per heavy atom. The molecule has 0 fully saturated rings. The third kappa shape index (κ3) is 2.46. The summed E-state index contributed by atoms with van der Waals surface area (Å²) in [7, 11) is 3.76. The maximum atomic E-state index is 10.6. The summed E-state index contributed by atoms with van der Waals surface area (Å²) in [4.78, 5) is 12.5. The van der Waals surface area contributed by atoms with Crippen LogP contribution in [0.3, 0.4) is 0 Å². The number of oxime groups is 1. The molecule has 1 aromatic rings. The highest BCUT2D eigenvalue weighted by Crippen LogP contribution is 2.12. The van der Waals surface area contributed by atoms with E-state index in [-0.39, 0.29) is 5.71 Å². The second kappa shape index (κ2) is 4.45. The molecule has 5 nitrogen and oxygen atoms in total. The van der Waals surface area contributed by atoms with Gasteiger partial charge in [-0.3, -0.25) is 0 Å². The number of rotatable bonds is 3. The number of carboxylic acid groups (broad SMARTS) is 1. The van der Waals surface area contributed by atoms with Crippen LogP contribution in [0.25, 0.3) is 0 Å². The normalized spacial score (nSPS) is 11.2. The molecule has 0 aliphatic rings. The Morgan fingerprint density at radius 3 is 2.13 bits per heavy atom. The monoisotopic (exact) mass is 208 g/mol. The Balaban J connectivity index is 3.03. The summed E-state index contributed by atoms with van der Waals surface area (Å²) in [5.41, 5.74) is 0.956. The Bertz CT molecular complexity index is 382. The molecule has 0 heterocycles. The molecule has 0 atom stereocenters. The van der Waals surface area contributed by atoms with Gasteiger partial charge in [0.25, 0.3) is 0 Å². The van der Waals surface area contributed by atoms with Crippen LogP contribution in [0.5, 0.6) is 0 Å². The fraction of sp³-hybridized carbons (Fsp3) is 0.200. The van der Waals surface area contributed by atoms with E-state index in [1.165, 1.54) is 0 Å². The zero-order valence-electron chi connectivity index (χ0n) is 8.51. The van der Waals surface area contributed by atoms with Crippen molar-refractivity contribution >= 4 is 17.4 Å². The van der Waals surface area contributed by atoms with Gasteiger partial charge < -0.3 is 15.2 Å². The molecule has 80 valence electrons. The van der Waals surface area contributed by atoms with E-state index in [4.69, 9.17) is 10.3 Å². The Morgan fingerprint density at radius 1 is 1.27 bits per heavy atom. The van der Waals surface area contributed by atoms with Crippen LogP contribution >= 0.6 is 0 Å². The van der Waals surface area contributed by atoms with Gasteiger partial charge >= 0.3 is 5.97 Å². The van der Waals surface area contributed by atoms with Crippen LogP contribution in [0.15, 0.2) is 29.4 Å². The number of anilines is 1. The lowest BCUT2D eigenvalue weighted by molar-refractivity contribution is -0.129. The predicted octanol–water partition coefficient (Wildman–Crippen LogP) is 1.02. The first kappa shape index (κ1) is 11.0. The van der Waals surface area contributed by atoms with Gasteiger partial charge in [-0.25, -0.2) is 4.79 Å². The van der Waals surface area contributed by atoms with E-state index < -0.39 is 5.97 Å². The van der Waals surface area contributed by atoms with Crippen molar-refractivity contribution in [3.8, 4) is 0 Å². The van der Waals surface area contributed by atoms with Gasteiger partial charge in [-0.15, -0.1) is 0 Å². The minimum atomic E-state index is -1.25. The van der Waals surface area contributed by atoms with Gasteiger partial charge in [-0.2, -0.15) is 0 Å². The number of hydrogen-bond donors (Lipinski definition) is 2. The third-order valence-corrected chi connectivity index (χ3v) is 1.96. The van der Waals surface area contributed by atoms with Gasteiger partial charge in [0, 0.05) is 25.3 Å². The number of carbonyl (C=O) groups is 1. The van der Waals surface area contributed by atoms with E-state index in [0.717, 1.165) is 5.69 Å². The lowest BCUT2D eigenvalue weighted by Crippen LogP contribution is -2.15. The van der Waals surface area contributed by atoms with E-state index in [9.17, 15) is 4.79 Å². The summed E-state index contributed by atoms with van der Waals surface area (Å²) in [6, 6.07) is 6.70. The highest BCUT2D eigenvalue weighted by atomic mass is 16.4. The largest absolute Gasteiger partial charge is 0.476 e. The van der Waals surface area contributed by atoms with Crippen LogP contribution in [0, 0.1) is 0 Å². The Kier molecular flexibility index (Phi) is 3.28. The van der Waals surface area contributed by atoms with Crippen molar-refractivity contribution in [2.75, 3.05) is 19.0 Å². The van der Waals surface area contributed by atoms with Crippen molar-refractivity contribution in [2.45, 2.75) is 0 Å². The summed E-state index contributed by atoms with van der Waals surface area (Å²) in [6.07, 6.45) is 0. The summed E-state index contributed by atoms with van der Waals surface area (Å²) in [6.45, 7) is 0. The smallest absolute Gasteiger partial charge is 0.358 e. The van der Waals surface area contributed by atoms with Gasteiger partial charge in [0.1, 0.15) is 0 Å². The van der Waals surface area contributed by atoms with Crippen LogP contribution in [0.2, 0.25) is 0 Å². The number of nitrogens with zero attached hydrogens (tertiary/aromatic N) is 2. The molecular weight excluding hydrogens is 196 g/mol. The highest BCUT2D eigenvalue weighted by Gasteiger charge is 2.12. The molecule has 0 spiro atoms. The van der Waals surface area contributed by atoms with Crippen LogP contribution in [0.4, 0.5) is 5.69 Å². The van der Waals surface area contributed by atoms with Crippen molar-refractivity contribution in [3.05, 3.63) is 29.8 Å². The second-order valence-electron chi connectivity index (χ2n) is 3.20. The van der Waals surface area contributed by atoms with E-state index >= 15 is 0 Å². The number of hydrogen-bond acceptors (Lipinski definition) is 4. The van der Waals surface area contributed by atoms with Crippen molar-refractivity contribution < 1.29 is 15.1 Å². The van der Waals surface area contributed by atoms with Crippen molar-refractivity contribution in [3.63, 3.8) is 0 Å². The predicted molar refractivity (Wildman–Crippen MR) is 56.7 cm³/mol. The molecule has 0 radical (unpaired) electrons. The zero-order chi connectivity index (χ0) is 11.4. The van der Waals surface area contributed by atoms with Gasteiger partial charge in [-0.1, -0.05) is 17.3 Å². The van der Waals surface area contributed by atoms with Gasteiger partial charge in [0.2, 0.25) is 0 Å². The maximum Gasteiger partial charge on any atom is 0.358 e. The minimum absolute atomic E-state index is 0.361. The number of benzene rings is 1. The fourth-order valence-electron chi connectivity index (χ4n) is 1.14. The first-order valence-electron chi connectivity index (χ1n) is 4.29. The SMILES string of the molecule is CN(C)c1ccc(/C(=N/O)C(=O)O)cc1. The molecule has 0 amide bonds. The molecule has 0 aliphatic heterocycles. The van der Waals surface area contributed by atoms with E-state index in [0.29, 0.717) is 5.56 Å². The molecule has 0 saturated heterocycles. The third-order valence-electron chi connectivity index (χ3n) is 1.96. The molecule has 0 aromatic heterocycles. The number of carboxylic acids is 1. The lowest BCUT2D eigenvalue weighted by atomic mass is 10.1. The maximum absolute atomic E-state index is 10.6. The van der Waals surface area contributed by atoms with Gasteiger partial charge in [-0.05, 0) is 12.1 Å². The molecule has 15 heavy (non-hydrogen) atoms. The molecule has 0 saturated carbocycles. The first-order valence-corrected chi connectivity index (χ1v) is 4.29.